The number of benzene rings is 3. The molecule has 5 rings (SSSR count). The SMILES string of the molecule is CC(C)CN(C[C@@H](O)[C@H](Cc1ccccc1)N(C(=O)O)C1CCOC1)S(=O)(=O)c1ccc(N2C(=O)c3ccccc3C2=O)cc1. The molecule has 0 saturated carbocycles. The van der Waals surface area contributed by atoms with Gasteiger partial charge in [0.05, 0.1) is 46.5 Å². The molecule has 0 bridgehead atoms. The van der Waals surface area contributed by atoms with Crippen molar-refractivity contribution in [2.75, 3.05) is 31.2 Å². The van der Waals surface area contributed by atoms with Crippen molar-refractivity contribution in [2.45, 2.75) is 49.8 Å². The fourth-order valence-corrected chi connectivity index (χ4v) is 7.56. The third-order valence-corrected chi connectivity index (χ3v) is 9.94. The second kappa shape index (κ2) is 13.5. The molecule has 3 aromatic carbocycles. The van der Waals surface area contributed by atoms with E-state index in [4.69, 9.17) is 4.74 Å². The Kier molecular flexibility index (Phi) is 9.68. The van der Waals surface area contributed by atoms with Gasteiger partial charge in [0.25, 0.3) is 11.8 Å². The topological polar surface area (TPSA) is 145 Å². The Balaban J connectivity index is 1.42. The zero-order valence-corrected chi connectivity index (χ0v) is 26.0. The van der Waals surface area contributed by atoms with Crippen LogP contribution in [-0.2, 0) is 21.2 Å². The first-order valence-corrected chi connectivity index (χ1v) is 16.3. The van der Waals surface area contributed by atoms with Crippen molar-refractivity contribution in [1.82, 2.24) is 9.21 Å². The number of aliphatic hydroxyl groups is 1. The summed E-state index contributed by atoms with van der Waals surface area (Å²) in [5, 5.41) is 21.9. The highest BCUT2D eigenvalue weighted by Gasteiger charge is 2.40. The van der Waals surface area contributed by atoms with E-state index in [1.807, 2.05) is 44.2 Å². The number of amides is 3. The maximum atomic E-state index is 14.0. The van der Waals surface area contributed by atoms with Crippen LogP contribution >= 0.6 is 0 Å². The third-order valence-electron chi connectivity index (χ3n) is 8.10. The summed E-state index contributed by atoms with van der Waals surface area (Å²) >= 11 is 0. The summed E-state index contributed by atoms with van der Waals surface area (Å²) in [4.78, 5) is 40.5. The molecule has 238 valence electrons. The summed E-state index contributed by atoms with van der Waals surface area (Å²) in [5.41, 5.74) is 1.59. The van der Waals surface area contributed by atoms with Crippen LogP contribution in [0.5, 0.6) is 0 Å². The molecule has 3 amide bonds. The monoisotopic (exact) mass is 635 g/mol. The number of aliphatic hydroxyl groups excluding tert-OH is 1. The summed E-state index contributed by atoms with van der Waals surface area (Å²) in [5.74, 6) is -1.09. The lowest BCUT2D eigenvalue weighted by Gasteiger charge is -2.38. The number of imide groups is 1. The van der Waals surface area contributed by atoms with E-state index in [9.17, 15) is 33.0 Å². The van der Waals surface area contributed by atoms with Crippen LogP contribution in [0.15, 0.2) is 83.8 Å². The molecule has 11 nitrogen and oxygen atoms in total. The van der Waals surface area contributed by atoms with Gasteiger partial charge in [0.2, 0.25) is 10.0 Å². The average molecular weight is 636 g/mol. The standard InChI is InChI=1S/C33H37N3O8S/c1-22(2)19-34(20-30(37)29(18-23-8-4-3-5-9-23)35(33(40)41)25-16-17-44-21-25)45(42,43)26-14-12-24(13-15-26)36-31(38)27-10-6-7-11-28(27)32(36)39/h3-15,22,25,29-30,37H,16-21H2,1-2H3,(H,40,41)/t25?,29-,30+/m0/s1. The molecule has 1 saturated heterocycles. The first-order valence-electron chi connectivity index (χ1n) is 14.9. The van der Waals surface area contributed by atoms with Crippen LogP contribution in [0.3, 0.4) is 0 Å². The van der Waals surface area contributed by atoms with E-state index in [2.05, 4.69) is 0 Å². The van der Waals surface area contributed by atoms with Crippen LogP contribution in [0.2, 0.25) is 0 Å². The lowest BCUT2D eigenvalue weighted by molar-refractivity contribution is 0.0163. The average Bonchev–Trinajstić information content (AvgIpc) is 3.63. The zero-order valence-electron chi connectivity index (χ0n) is 25.2. The Morgan fingerprint density at radius 1 is 0.933 bits per heavy atom. The molecule has 12 heteroatoms. The number of carbonyl (C=O) groups is 3. The number of hydrogen-bond acceptors (Lipinski definition) is 7. The smallest absolute Gasteiger partial charge is 0.407 e. The maximum absolute atomic E-state index is 14.0. The summed E-state index contributed by atoms with van der Waals surface area (Å²) in [6, 6.07) is 19.7. The van der Waals surface area contributed by atoms with Gasteiger partial charge in [-0.15, -0.1) is 0 Å². The van der Waals surface area contributed by atoms with Gasteiger partial charge in [0.15, 0.2) is 0 Å². The van der Waals surface area contributed by atoms with E-state index in [0.29, 0.717) is 13.0 Å². The van der Waals surface area contributed by atoms with E-state index in [0.717, 1.165) is 10.5 Å². The quantitative estimate of drug-likeness (QED) is 0.286. The van der Waals surface area contributed by atoms with E-state index >= 15 is 0 Å². The summed E-state index contributed by atoms with van der Waals surface area (Å²) in [6.45, 7) is 4.00. The highest BCUT2D eigenvalue weighted by atomic mass is 32.2. The van der Waals surface area contributed by atoms with Gasteiger partial charge in [-0.05, 0) is 60.7 Å². The van der Waals surface area contributed by atoms with Crippen molar-refractivity contribution >= 4 is 33.6 Å². The van der Waals surface area contributed by atoms with Gasteiger partial charge in [-0.25, -0.2) is 18.1 Å². The van der Waals surface area contributed by atoms with Crippen molar-refractivity contribution in [2.24, 2.45) is 5.92 Å². The molecule has 2 N–H and O–H groups in total. The molecule has 1 fully saturated rings. The molecule has 2 aliphatic rings. The van der Waals surface area contributed by atoms with Crippen LogP contribution in [0.1, 0.15) is 46.5 Å². The molecular formula is C33H37N3O8S. The lowest BCUT2D eigenvalue weighted by Crippen LogP contribution is -2.56. The number of carbonyl (C=O) groups excluding carboxylic acids is 2. The van der Waals surface area contributed by atoms with Gasteiger partial charge < -0.3 is 14.9 Å². The molecule has 1 unspecified atom stereocenters. The van der Waals surface area contributed by atoms with Crippen LogP contribution in [0.25, 0.3) is 0 Å². The summed E-state index contributed by atoms with van der Waals surface area (Å²) < 4.78 is 34.6. The van der Waals surface area contributed by atoms with Crippen molar-refractivity contribution < 1.29 is 37.8 Å². The number of nitrogens with zero attached hydrogens (tertiary/aromatic N) is 3. The Bertz CT molecular complexity index is 1600. The minimum Gasteiger partial charge on any atom is -0.465 e. The number of rotatable bonds is 12. The van der Waals surface area contributed by atoms with E-state index in [-0.39, 0.29) is 53.7 Å². The highest BCUT2D eigenvalue weighted by molar-refractivity contribution is 7.89. The lowest BCUT2D eigenvalue weighted by atomic mass is 9.97. The van der Waals surface area contributed by atoms with E-state index < -0.39 is 46.1 Å². The van der Waals surface area contributed by atoms with E-state index in [1.54, 1.807) is 24.3 Å². The second-order valence-corrected chi connectivity index (χ2v) is 13.7. The molecular weight excluding hydrogens is 598 g/mol. The fraction of sp³-hybridized carbons (Fsp3) is 0.364. The normalized spacial score (nSPS) is 18.0. The van der Waals surface area contributed by atoms with Crippen molar-refractivity contribution in [3.05, 3.63) is 95.6 Å². The number of fused-ring (bicyclic) bond motifs is 1. The zero-order chi connectivity index (χ0) is 32.3. The van der Waals surface area contributed by atoms with Crippen molar-refractivity contribution in [3.63, 3.8) is 0 Å². The maximum Gasteiger partial charge on any atom is 0.407 e. The minimum absolute atomic E-state index is 0.0667. The summed E-state index contributed by atoms with van der Waals surface area (Å²) in [6.07, 6.45) is -1.94. The number of sulfonamides is 1. The van der Waals surface area contributed by atoms with Crippen LogP contribution in [0, 0.1) is 5.92 Å². The number of hydrogen-bond donors (Lipinski definition) is 2. The Labute approximate surface area is 262 Å². The molecule has 0 radical (unpaired) electrons. The van der Waals surface area contributed by atoms with Gasteiger partial charge in [-0.2, -0.15) is 4.31 Å². The predicted molar refractivity (Wildman–Crippen MR) is 167 cm³/mol. The predicted octanol–water partition coefficient (Wildman–Crippen LogP) is 3.88. The summed E-state index contributed by atoms with van der Waals surface area (Å²) in [7, 11) is -4.19. The molecule has 2 aliphatic heterocycles. The molecule has 2 heterocycles. The minimum atomic E-state index is -4.19. The Morgan fingerprint density at radius 3 is 2.07 bits per heavy atom. The van der Waals surface area contributed by atoms with E-state index in [1.165, 1.54) is 33.5 Å². The Hall–Kier alpha value is -4.10. The first kappa shape index (κ1) is 32.3. The number of carboxylic acid groups (broad SMARTS) is 1. The van der Waals surface area contributed by atoms with Gasteiger partial charge in [0, 0.05) is 19.7 Å². The van der Waals surface area contributed by atoms with Gasteiger partial charge in [-0.1, -0.05) is 56.3 Å². The third kappa shape index (κ3) is 6.79. The molecule has 0 aliphatic carbocycles. The number of ether oxygens (including phenoxy) is 1. The molecule has 3 atom stereocenters. The fourth-order valence-electron chi connectivity index (χ4n) is 5.93. The van der Waals surface area contributed by atoms with Crippen LogP contribution < -0.4 is 4.90 Å². The van der Waals surface area contributed by atoms with Gasteiger partial charge in [0.1, 0.15) is 0 Å². The Morgan fingerprint density at radius 2 is 1.53 bits per heavy atom. The molecule has 0 aromatic heterocycles. The van der Waals surface area contributed by atoms with Crippen molar-refractivity contribution in [1.29, 1.82) is 0 Å². The van der Waals surface area contributed by atoms with Gasteiger partial charge in [-0.3, -0.25) is 14.5 Å². The second-order valence-electron chi connectivity index (χ2n) is 11.7. The largest absolute Gasteiger partial charge is 0.465 e. The highest BCUT2D eigenvalue weighted by Crippen LogP contribution is 2.30. The molecule has 3 aromatic rings. The van der Waals surface area contributed by atoms with Crippen LogP contribution in [-0.4, -0.2) is 90.2 Å². The van der Waals surface area contributed by atoms with Gasteiger partial charge >= 0.3 is 6.09 Å². The molecule has 45 heavy (non-hydrogen) atoms. The molecule has 0 spiro atoms. The first-order chi connectivity index (χ1) is 21.5. The van der Waals surface area contributed by atoms with Crippen molar-refractivity contribution in [3.8, 4) is 0 Å². The number of anilines is 1. The van der Waals surface area contributed by atoms with Crippen LogP contribution in [0.4, 0.5) is 10.5 Å².